The van der Waals surface area contributed by atoms with E-state index in [4.69, 9.17) is 5.11 Å². The lowest BCUT2D eigenvalue weighted by molar-refractivity contribution is 0.286. The van der Waals surface area contributed by atoms with Gasteiger partial charge in [-0.25, -0.2) is 0 Å². The normalized spacial score (nSPS) is 13.2. The van der Waals surface area contributed by atoms with Crippen LogP contribution in [-0.2, 0) is 0 Å². The van der Waals surface area contributed by atoms with Gasteiger partial charge in [0.2, 0.25) is 0 Å². The van der Waals surface area contributed by atoms with E-state index in [-0.39, 0.29) is 12.6 Å². The molecule has 0 fully saturated rings. The van der Waals surface area contributed by atoms with Gasteiger partial charge in [0.1, 0.15) is 0 Å². The summed E-state index contributed by atoms with van der Waals surface area (Å²) in [6, 6.07) is 0.246. The Morgan fingerprint density at radius 3 is 3.00 bits per heavy atom. The average Bonchev–Trinajstić information content (AvgIpc) is 2.47. The van der Waals surface area contributed by atoms with Crippen LogP contribution in [-0.4, -0.2) is 28.5 Å². The molecule has 1 heterocycles. The Morgan fingerprint density at radius 2 is 2.50 bits per heavy atom. The number of aryl methyl sites for hydroxylation is 1. The molecule has 3 N–H and O–H groups in total. The molecule has 0 saturated heterocycles. The van der Waals surface area contributed by atoms with Gasteiger partial charge in [-0.15, -0.1) is 0 Å². The summed E-state index contributed by atoms with van der Waals surface area (Å²) in [5, 5.41) is 18.6. The van der Waals surface area contributed by atoms with Crippen molar-refractivity contribution in [2.45, 2.75) is 19.9 Å². The summed E-state index contributed by atoms with van der Waals surface area (Å²) >= 11 is 0. The van der Waals surface area contributed by atoms with Crippen molar-refractivity contribution in [3.05, 3.63) is 17.5 Å². The van der Waals surface area contributed by atoms with Crippen LogP contribution in [0.25, 0.3) is 0 Å². The molecular formula is C8H15N3O. The molecule has 4 heteroatoms. The Labute approximate surface area is 72.0 Å². The van der Waals surface area contributed by atoms with Crippen molar-refractivity contribution in [1.82, 2.24) is 15.5 Å². The van der Waals surface area contributed by atoms with Crippen molar-refractivity contribution >= 4 is 0 Å². The van der Waals surface area contributed by atoms with Crippen LogP contribution in [0.3, 0.4) is 0 Å². The minimum absolute atomic E-state index is 0.168. The number of aromatic amines is 1. The van der Waals surface area contributed by atoms with Gasteiger partial charge in [0.05, 0.1) is 12.8 Å². The fourth-order valence-corrected chi connectivity index (χ4v) is 1.19. The molecule has 0 aliphatic rings. The van der Waals surface area contributed by atoms with Crippen molar-refractivity contribution in [3.63, 3.8) is 0 Å². The van der Waals surface area contributed by atoms with Crippen molar-refractivity contribution in [1.29, 1.82) is 0 Å². The summed E-state index contributed by atoms with van der Waals surface area (Å²) in [5.41, 5.74) is 2.23. The van der Waals surface area contributed by atoms with E-state index in [0.717, 1.165) is 11.3 Å². The number of aliphatic hydroxyl groups is 1. The van der Waals surface area contributed by atoms with Gasteiger partial charge in [0.25, 0.3) is 0 Å². The maximum absolute atomic E-state index is 8.60. The number of H-pyrrole nitrogens is 1. The zero-order valence-electron chi connectivity index (χ0n) is 7.46. The highest BCUT2D eigenvalue weighted by atomic mass is 16.3. The highest BCUT2D eigenvalue weighted by Gasteiger charge is 2.07. The van der Waals surface area contributed by atoms with Crippen LogP contribution in [0.15, 0.2) is 6.20 Å². The minimum Gasteiger partial charge on any atom is -0.395 e. The molecule has 1 unspecified atom stereocenters. The standard InChI is InChI=1S/C8H15N3O/c1-6(9-3-4-12)8-5-10-11-7(8)2/h5-6,9,12H,3-4H2,1-2H3,(H,10,11). The van der Waals surface area contributed by atoms with Gasteiger partial charge in [0.15, 0.2) is 0 Å². The molecule has 68 valence electrons. The van der Waals surface area contributed by atoms with Crippen molar-refractivity contribution < 1.29 is 5.11 Å². The molecule has 0 radical (unpaired) electrons. The first-order valence-electron chi connectivity index (χ1n) is 4.09. The Kier molecular flexibility index (Phi) is 3.25. The first-order chi connectivity index (χ1) is 5.75. The SMILES string of the molecule is Cc1[nH]ncc1C(C)NCCO. The Hall–Kier alpha value is -0.870. The topological polar surface area (TPSA) is 60.9 Å². The Bertz CT molecular complexity index is 234. The molecule has 0 aromatic carbocycles. The fourth-order valence-electron chi connectivity index (χ4n) is 1.19. The van der Waals surface area contributed by atoms with Gasteiger partial charge in [-0.1, -0.05) is 0 Å². The van der Waals surface area contributed by atoms with E-state index in [1.54, 1.807) is 0 Å². The second kappa shape index (κ2) is 4.23. The number of rotatable bonds is 4. The van der Waals surface area contributed by atoms with Gasteiger partial charge in [-0.2, -0.15) is 5.10 Å². The summed E-state index contributed by atoms with van der Waals surface area (Å²) in [5.74, 6) is 0. The predicted molar refractivity (Wildman–Crippen MR) is 46.8 cm³/mol. The van der Waals surface area contributed by atoms with Gasteiger partial charge in [-0.05, 0) is 13.8 Å². The van der Waals surface area contributed by atoms with Crippen LogP contribution in [0.1, 0.15) is 24.2 Å². The summed E-state index contributed by atoms with van der Waals surface area (Å²) in [6.07, 6.45) is 1.81. The average molecular weight is 169 g/mol. The number of aromatic nitrogens is 2. The summed E-state index contributed by atoms with van der Waals surface area (Å²) in [7, 11) is 0. The summed E-state index contributed by atoms with van der Waals surface area (Å²) in [4.78, 5) is 0. The van der Waals surface area contributed by atoms with Crippen LogP contribution in [0.2, 0.25) is 0 Å². The first kappa shape index (κ1) is 9.22. The molecule has 0 aliphatic carbocycles. The molecule has 0 saturated carbocycles. The van der Waals surface area contributed by atoms with E-state index in [0.29, 0.717) is 6.54 Å². The molecular weight excluding hydrogens is 154 g/mol. The Morgan fingerprint density at radius 1 is 1.75 bits per heavy atom. The Balaban J connectivity index is 2.52. The second-order valence-electron chi connectivity index (χ2n) is 2.85. The smallest absolute Gasteiger partial charge is 0.0556 e. The zero-order chi connectivity index (χ0) is 8.97. The van der Waals surface area contributed by atoms with Gasteiger partial charge in [-0.3, -0.25) is 5.10 Å². The number of hydrogen-bond acceptors (Lipinski definition) is 3. The lowest BCUT2D eigenvalue weighted by atomic mass is 10.1. The van der Waals surface area contributed by atoms with Crippen LogP contribution >= 0.6 is 0 Å². The quantitative estimate of drug-likeness (QED) is 0.610. The zero-order valence-corrected chi connectivity index (χ0v) is 7.46. The number of hydrogen-bond donors (Lipinski definition) is 3. The molecule has 1 atom stereocenters. The van der Waals surface area contributed by atoms with Crippen LogP contribution in [0.5, 0.6) is 0 Å². The predicted octanol–water partition coefficient (Wildman–Crippen LogP) is 0.361. The van der Waals surface area contributed by atoms with E-state index in [1.807, 2.05) is 20.0 Å². The number of aliphatic hydroxyl groups excluding tert-OH is 1. The van der Waals surface area contributed by atoms with Crippen LogP contribution < -0.4 is 5.32 Å². The summed E-state index contributed by atoms with van der Waals surface area (Å²) in [6.45, 7) is 4.82. The fraction of sp³-hybridized carbons (Fsp3) is 0.625. The monoisotopic (exact) mass is 169 g/mol. The molecule has 0 amide bonds. The third kappa shape index (κ3) is 2.06. The first-order valence-corrected chi connectivity index (χ1v) is 4.09. The van der Waals surface area contributed by atoms with Gasteiger partial charge < -0.3 is 10.4 Å². The molecule has 0 aliphatic heterocycles. The van der Waals surface area contributed by atoms with Crippen molar-refractivity contribution in [2.24, 2.45) is 0 Å². The van der Waals surface area contributed by atoms with E-state index >= 15 is 0 Å². The number of nitrogens with one attached hydrogen (secondary N) is 2. The third-order valence-corrected chi connectivity index (χ3v) is 1.90. The van der Waals surface area contributed by atoms with E-state index < -0.39 is 0 Å². The van der Waals surface area contributed by atoms with E-state index in [9.17, 15) is 0 Å². The largest absolute Gasteiger partial charge is 0.395 e. The lowest BCUT2D eigenvalue weighted by Gasteiger charge is -2.11. The maximum Gasteiger partial charge on any atom is 0.0556 e. The molecule has 1 aromatic rings. The van der Waals surface area contributed by atoms with E-state index in [2.05, 4.69) is 15.5 Å². The van der Waals surface area contributed by atoms with Crippen molar-refractivity contribution in [2.75, 3.05) is 13.2 Å². The van der Waals surface area contributed by atoms with Gasteiger partial charge >= 0.3 is 0 Å². The van der Waals surface area contributed by atoms with Crippen LogP contribution in [0, 0.1) is 6.92 Å². The molecule has 12 heavy (non-hydrogen) atoms. The highest BCUT2D eigenvalue weighted by Crippen LogP contribution is 2.13. The number of nitrogens with zero attached hydrogens (tertiary/aromatic N) is 1. The molecule has 4 nitrogen and oxygen atoms in total. The molecule has 0 bridgehead atoms. The van der Waals surface area contributed by atoms with E-state index in [1.165, 1.54) is 0 Å². The highest BCUT2D eigenvalue weighted by molar-refractivity contribution is 5.18. The van der Waals surface area contributed by atoms with Crippen LogP contribution in [0.4, 0.5) is 0 Å². The third-order valence-electron chi connectivity index (χ3n) is 1.90. The molecule has 1 rings (SSSR count). The summed E-state index contributed by atoms with van der Waals surface area (Å²) < 4.78 is 0. The maximum atomic E-state index is 8.60. The van der Waals surface area contributed by atoms with Crippen molar-refractivity contribution in [3.8, 4) is 0 Å². The minimum atomic E-state index is 0.168. The molecule has 0 spiro atoms. The molecule has 1 aromatic heterocycles. The second-order valence-corrected chi connectivity index (χ2v) is 2.85. The lowest BCUT2D eigenvalue weighted by Crippen LogP contribution is -2.22. The van der Waals surface area contributed by atoms with Gasteiger partial charge in [0, 0.05) is 23.8 Å².